The van der Waals surface area contributed by atoms with Crippen molar-refractivity contribution in [2.24, 2.45) is 0 Å². The number of rotatable bonds is 2. The average molecular weight is 379 g/mol. The summed E-state index contributed by atoms with van der Waals surface area (Å²) in [7, 11) is 0. The minimum absolute atomic E-state index is 1.38. The minimum Gasteiger partial charge on any atom is -0.144 e. The Kier molecular flexibility index (Phi) is 2.77. The Hall–Kier alpha value is -1.72. The highest BCUT2D eigenvalue weighted by Crippen LogP contribution is 2.61. The second kappa shape index (κ2) is 4.90. The van der Waals surface area contributed by atoms with Gasteiger partial charge in [-0.3, -0.25) is 0 Å². The van der Waals surface area contributed by atoms with Gasteiger partial charge in [-0.2, -0.15) is 0 Å². The molecule has 0 nitrogen and oxygen atoms in total. The molecule has 24 heavy (non-hydrogen) atoms. The van der Waals surface area contributed by atoms with Crippen LogP contribution in [0.15, 0.2) is 57.9 Å². The molecule has 0 aliphatic heterocycles. The third kappa shape index (κ3) is 1.62. The van der Waals surface area contributed by atoms with Crippen LogP contribution in [0.5, 0.6) is 0 Å². The molecule has 4 aromatic heterocycles. The Labute approximate surface area is 155 Å². The van der Waals surface area contributed by atoms with E-state index >= 15 is 0 Å². The lowest BCUT2D eigenvalue weighted by Gasteiger charge is -2.03. The number of allylic oxidation sites excluding steroid dienone is 2. The molecular weight excluding hydrogens is 368 g/mol. The molecule has 0 spiro atoms. The summed E-state index contributed by atoms with van der Waals surface area (Å²) in [6, 6.07) is 13.4. The first-order valence-electron chi connectivity index (χ1n) is 7.66. The Morgan fingerprint density at radius 2 is 0.958 bits per heavy atom. The standard InChI is InChI=1S/C20H10S4/c1-3-13(21-7-1)15-11-5-9-23-19(11)18-16(14-4-2-8-22-14)12-6-10-24-20(12)17(15)18/h1-10H. The lowest BCUT2D eigenvalue weighted by molar-refractivity contribution is 1.71. The number of hydrogen-bond donors (Lipinski definition) is 0. The molecule has 0 amide bonds. The molecule has 0 bridgehead atoms. The Balaban J connectivity index is 1.79. The van der Waals surface area contributed by atoms with Gasteiger partial charge in [-0.25, -0.2) is 0 Å². The Morgan fingerprint density at radius 1 is 0.458 bits per heavy atom. The molecule has 2 aliphatic rings. The van der Waals surface area contributed by atoms with Crippen molar-refractivity contribution in [3.05, 3.63) is 88.6 Å². The molecular formula is C20H10S4. The molecule has 6 rings (SSSR count). The monoisotopic (exact) mass is 378 g/mol. The van der Waals surface area contributed by atoms with Crippen LogP contribution in [0.1, 0.15) is 30.6 Å². The van der Waals surface area contributed by atoms with Gasteiger partial charge in [-0.15, -0.1) is 45.3 Å². The molecule has 0 fully saturated rings. The molecule has 2 aliphatic carbocycles. The summed E-state index contributed by atoms with van der Waals surface area (Å²) in [6.45, 7) is 0. The van der Waals surface area contributed by atoms with Gasteiger partial charge in [0.05, 0.1) is 0 Å². The third-order valence-electron chi connectivity index (χ3n) is 4.61. The summed E-state index contributed by atoms with van der Waals surface area (Å²) in [5.74, 6) is 0. The van der Waals surface area contributed by atoms with E-state index in [1.54, 1.807) is 0 Å². The highest BCUT2D eigenvalue weighted by atomic mass is 32.1. The van der Waals surface area contributed by atoms with Gasteiger partial charge in [-0.05, 0) is 45.8 Å². The largest absolute Gasteiger partial charge is 0.144 e. The van der Waals surface area contributed by atoms with Crippen LogP contribution >= 0.6 is 45.3 Å². The summed E-state index contributed by atoms with van der Waals surface area (Å²) < 4.78 is 0. The quantitative estimate of drug-likeness (QED) is 0.346. The molecule has 0 saturated carbocycles. The SMILES string of the molecule is c1csc(C2=C3C(=C(c4cccs4)c4ccsc43)c3sccc32)c1. The van der Waals surface area contributed by atoms with Crippen LogP contribution in [-0.4, -0.2) is 0 Å². The molecule has 0 unspecified atom stereocenters. The zero-order valence-corrected chi connectivity index (χ0v) is 15.7. The van der Waals surface area contributed by atoms with Gasteiger partial charge in [0.25, 0.3) is 0 Å². The van der Waals surface area contributed by atoms with Crippen LogP contribution in [0.3, 0.4) is 0 Å². The Morgan fingerprint density at radius 3 is 1.38 bits per heavy atom. The van der Waals surface area contributed by atoms with Crippen molar-refractivity contribution in [2.75, 3.05) is 0 Å². The van der Waals surface area contributed by atoms with Crippen LogP contribution < -0.4 is 0 Å². The minimum atomic E-state index is 1.38. The maximum atomic E-state index is 2.30. The van der Waals surface area contributed by atoms with Gasteiger partial charge in [0.1, 0.15) is 0 Å². The van der Waals surface area contributed by atoms with Crippen molar-refractivity contribution in [1.29, 1.82) is 0 Å². The third-order valence-corrected chi connectivity index (χ3v) is 8.25. The van der Waals surface area contributed by atoms with E-state index in [0.717, 1.165) is 0 Å². The summed E-state index contributed by atoms with van der Waals surface area (Å²) in [6.07, 6.45) is 0. The number of fused-ring (bicyclic) bond motifs is 5. The van der Waals surface area contributed by atoms with Gasteiger partial charge in [0, 0.05) is 52.9 Å². The summed E-state index contributed by atoms with van der Waals surface area (Å²) in [4.78, 5) is 5.65. The highest BCUT2D eigenvalue weighted by molar-refractivity contribution is 7.15. The van der Waals surface area contributed by atoms with Crippen LogP contribution in [0.2, 0.25) is 0 Å². The van der Waals surface area contributed by atoms with Crippen LogP contribution in [-0.2, 0) is 0 Å². The molecule has 0 N–H and O–H groups in total. The second-order valence-electron chi connectivity index (χ2n) is 5.78. The van der Waals surface area contributed by atoms with Crippen LogP contribution in [0.4, 0.5) is 0 Å². The summed E-state index contributed by atoms with van der Waals surface area (Å²) in [5, 5.41) is 8.84. The van der Waals surface area contributed by atoms with Crippen molar-refractivity contribution in [2.45, 2.75) is 0 Å². The van der Waals surface area contributed by atoms with E-state index in [0.29, 0.717) is 0 Å². The molecule has 0 radical (unpaired) electrons. The maximum absolute atomic E-state index is 2.30. The van der Waals surface area contributed by atoms with Gasteiger partial charge >= 0.3 is 0 Å². The van der Waals surface area contributed by atoms with E-state index in [-0.39, 0.29) is 0 Å². The van der Waals surface area contributed by atoms with Crippen molar-refractivity contribution in [3.8, 4) is 0 Å². The van der Waals surface area contributed by atoms with Crippen molar-refractivity contribution in [1.82, 2.24) is 0 Å². The van der Waals surface area contributed by atoms with E-state index in [9.17, 15) is 0 Å². The van der Waals surface area contributed by atoms with Crippen molar-refractivity contribution >= 4 is 67.6 Å². The lowest BCUT2D eigenvalue weighted by atomic mass is 10.0. The fourth-order valence-corrected chi connectivity index (χ4v) is 7.23. The van der Waals surface area contributed by atoms with Gasteiger partial charge in [-0.1, -0.05) is 12.1 Å². The zero-order chi connectivity index (χ0) is 15.7. The van der Waals surface area contributed by atoms with E-state index in [4.69, 9.17) is 0 Å². The maximum Gasteiger partial charge on any atom is 0.0435 e. The van der Waals surface area contributed by atoms with Gasteiger partial charge < -0.3 is 0 Å². The van der Waals surface area contributed by atoms with Crippen LogP contribution in [0, 0.1) is 0 Å². The fraction of sp³-hybridized carbons (Fsp3) is 0. The first kappa shape index (κ1) is 13.6. The van der Waals surface area contributed by atoms with E-state index in [1.165, 1.54) is 52.9 Å². The predicted molar refractivity (Wildman–Crippen MR) is 109 cm³/mol. The smallest absolute Gasteiger partial charge is 0.0435 e. The molecule has 0 aromatic carbocycles. The molecule has 0 atom stereocenters. The van der Waals surface area contributed by atoms with Crippen molar-refractivity contribution in [3.63, 3.8) is 0 Å². The highest BCUT2D eigenvalue weighted by Gasteiger charge is 2.39. The summed E-state index contributed by atoms with van der Waals surface area (Å²) in [5.41, 5.74) is 8.64. The topological polar surface area (TPSA) is 0 Å². The van der Waals surface area contributed by atoms with Gasteiger partial charge in [0.2, 0.25) is 0 Å². The number of hydrogen-bond acceptors (Lipinski definition) is 4. The molecule has 4 heterocycles. The molecule has 0 saturated heterocycles. The lowest BCUT2D eigenvalue weighted by Crippen LogP contribution is -1.84. The van der Waals surface area contributed by atoms with Gasteiger partial charge in [0.15, 0.2) is 0 Å². The zero-order valence-electron chi connectivity index (χ0n) is 12.4. The second-order valence-corrected chi connectivity index (χ2v) is 9.51. The fourth-order valence-electron chi connectivity index (χ4n) is 3.73. The van der Waals surface area contributed by atoms with Crippen LogP contribution in [0.25, 0.3) is 22.3 Å². The first-order chi connectivity index (χ1) is 11.9. The average Bonchev–Trinajstić information content (AvgIpc) is 3.38. The predicted octanol–water partition coefficient (Wildman–Crippen LogP) is 7.18. The van der Waals surface area contributed by atoms with Crippen molar-refractivity contribution < 1.29 is 0 Å². The molecule has 4 aromatic rings. The normalized spacial score (nSPS) is 15.2. The Bertz CT molecular complexity index is 1040. The molecule has 114 valence electrons. The summed E-state index contributed by atoms with van der Waals surface area (Å²) >= 11 is 7.44. The number of thiophene rings is 4. The van der Waals surface area contributed by atoms with E-state index in [2.05, 4.69) is 57.9 Å². The molecule has 4 heteroatoms. The first-order valence-corrected chi connectivity index (χ1v) is 11.2. The van der Waals surface area contributed by atoms with E-state index < -0.39 is 0 Å². The van der Waals surface area contributed by atoms with E-state index in [1.807, 2.05) is 45.3 Å².